The number of hydrogen-bond acceptors (Lipinski definition) is 11. The van der Waals surface area contributed by atoms with Crippen LogP contribution >= 0.6 is 60.4 Å². The number of aliphatic carboxylic acids is 2. The van der Waals surface area contributed by atoms with Crippen LogP contribution in [0.3, 0.4) is 0 Å². The Morgan fingerprint density at radius 1 is 0.870 bits per heavy atom. The van der Waals surface area contributed by atoms with Gasteiger partial charge in [0.25, 0.3) is 0 Å². The molecule has 0 saturated carbocycles. The van der Waals surface area contributed by atoms with E-state index in [-0.39, 0.29) is 45.1 Å². The van der Waals surface area contributed by atoms with Crippen LogP contribution in [-0.2, 0) is 34.9 Å². The first kappa shape index (κ1) is 40.7. The summed E-state index contributed by atoms with van der Waals surface area (Å²) in [5, 5.41) is 29.1. The molecule has 1 atom stereocenters. The summed E-state index contributed by atoms with van der Waals surface area (Å²) in [7, 11) is -8.04. The van der Waals surface area contributed by atoms with Gasteiger partial charge in [-0.1, -0.05) is 0 Å². The molecule has 0 saturated heterocycles. The highest BCUT2D eigenvalue weighted by Crippen LogP contribution is 2.36. The monoisotopic (exact) mass is 917 g/mol. The van der Waals surface area contributed by atoms with E-state index < -0.39 is 52.3 Å². The third kappa shape index (κ3) is 15.6. The highest BCUT2D eigenvalue weighted by atomic mass is 127. The van der Waals surface area contributed by atoms with E-state index in [2.05, 4.69) is 4.89 Å². The molecule has 21 heteroatoms. The second-order valence-corrected chi connectivity index (χ2v) is 15.5. The molecule has 17 nitrogen and oxygen atoms in total. The van der Waals surface area contributed by atoms with Crippen LogP contribution in [0.1, 0.15) is 5.56 Å². The van der Waals surface area contributed by atoms with Crippen molar-refractivity contribution in [2.45, 2.75) is 12.5 Å². The molecule has 0 aliphatic heterocycles. The summed E-state index contributed by atoms with van der Waals surface area (Å²) in [6, 6.07) is 8.30. The number of carboxylic acids is 2. The minimum Gasteiger partial charge on any atom is -0.508 e. The van der Waals surface area contributed by atoms with Crippen molar-refractivity contribution in [1.82, 2.24) is 14.7 Å². The smallest absolute Gasteiger partial charge is 0.339 e. The first-order chi connectivity index (χ1) is 21.4. The van der Waals surface area contributed by atoms with Crippen molar-refractivity contribution in [2.24, 2.45) is 0 Å². The molecular formula is C25H35I2N3O14P2. The maximum atomic E-state index is 12.6. The molecule has 0 fully saturated rings. The number of benzene rings is 2. The van der Waals surface area contributed by atoms with E-state index in [0.717, 1.165) is 4.90 Å². The first-order valence-electron chi connectivity index (χ1n) is 13.2. The number of nitrogens with zero attached hydrogens (tertiary/aromatic N) is 3. The quantitative estimate of drug-likeness (QED) is 0.0312. The zero-order chi connectivity index (χ0) is 34.7. The zero-order valence-electron chi connectivity index (χ0n) is 24.4. The normalized spacial score (nSPS) is 13.0. The fourth-order valence-corrected chi connectivity index (χ4v) is 7.86. The molecule has 258 valence electrons. The summed E-state index contributed by atoms with van der Waals surface area (Å²) in [6.07, 6.45) is -1.68. The highest BCUT2D eigenvalue weighted by Gasteiger charge is 2.30. The van der Waals surface area contributed by atoms with Crippen LogP contribution in [0.25, 0.3) is 0 Å². The molecule has 0 bridgehead atoms. The number of carbonyl (C=O) groups is 2. The molecule has 0 radical (unpaired) electrons. The van der Waals surface area contributed by atoms with E-state index >= 15 is 0 Å². The molecule has 2 aromatic rings. The van der Waals surface area contributed by atoms with Gasteiger partial charge in [-0.3, -0.25) is 33.4 Å². The second-order valence-electron chi connectivity index (χ2n) is 9.95. The summed E-state index contributed by atoms with van der Waals surface area (Å²) in [5.74, 6) is -1.57. The van der Waals surface area contributed by atoms with Crippen LogP contribution < -0.4 is 4.74 Å². The van der Waals surface area contributed by atoms with Gasteiger partial charge in [0.05, 0.1) is 20.8 Å². The number of aromatic hydroxyl groups is 1. The molecule has 2 aromatic carbocycles. The van der Waals surface area contributed by atoms with Crippen molar-refractivity contribution in [3.05, 3.63) is 49.1 Å². The molecule has 0 aliphatic carbocycles. The van der Waals surface area contributed by atoms with Crippen LogP contribution in [0.4, 0.5) is 0 Å². The van der Waals surface area contributed by atoms with Gasteiger partial charge in [0.2, 0.25) is 0 Å². The van der Waals surface area contributed by atoms with Gasteiger partial charge >= 0.3 is 27.1 Å². The van der Waals surface area contributed by atoms with E-state index in [1.807, 2.05) is 45.2 Å². The number of phenolic OH excluding ortho intramolecular Hbond substituents is 1. The maximum absolute atomic E-state index is 12.6. The Labute approximate surface area is 291 Å². The SMILES string of the molecule is COOCN(CCN(CCN(CC(=O)O)CP(=O)(O)O)C(Cc1cc(I)c(Oc2ccc(O)cc2)c(I)c1)C(=O)O)CP(=O)(O)O. The van der Waals surface area contributed by atoms with Crippen molar-refractivity contribution in [3.8, 4) is 17.2 Å². The minimum absolute atomic E-state index is 0.0642. The lowest BCUT2D eigenvalue weighted by atomic mass is 10.0. The number of phenols is 1. The number of halogens is 2. The molecular weight excluding hydrogens is 882 g/mol. The van der Waals surface area contributed by atoms with Crippen LogP contribution in [0.5, 0.6) is 17.2 Å². The van der Waals surface area contributed by atoms with Gasteiger partial charge in [0, 0.05) is 26.2 Å². The molecule has 2 rings (SSSR count). The zero-order valence-corrected chi connectivity index (χ0v) is 30.5. The molecule has 0 heterocycles. The average Bonchev–Trinajstić information content (AvgIpc) is 2.91. The lowest BCUT2D eigenvalue weighted by Gasteiger charge is -2.33. The summed E-state index contributed by atoms with van der Waals surface area (Å²) in [5.41, 5.74) is 0.594. The topological polar surface area (TPSA) is 247 Å². The third-order valence-corrected chi connectivity index (χ3v) is 9.30. The molecule has 46 heavy (non-hydrogen) atoms. The van der Waals surface area contributed by atoms with Gasteiger partial charge in [-0.15, -0.1) is 0 Å². The minimum atomic E-state index is -4.67. The van der Waals surface area contributed by atoms with E-state index in [1.54, 1.807) is 24.3 Å². The summed E-state index contributed by atoms with van der Waals surface area (Å²) in [4.78, 5) is 74.9. The van der Waals surface area contributed by atoms with Gasteiger partial charge < -0.3 is 39.6 Å². The largest absolute Gasteiger partial charge is 0.508 e. The Morgan fingerprint density at radius 3 is 1.87 bits per heavy atom. The summed E-state index contributed by atoms with van der Waals surface area (Å²) >= 11 is 4.09. The number of ether oxygens (including phenoxy) is 1. The van der Waals surface area contributed by atoms with Crippen LogP contribution in [-0.4, -0.2) is 127 Å². The summed E-state index contributed by atoms with van der Waals surface area (Å²) < 4.78 is 30.6. The van der Waals surface area contributed by atoms with Gasteiger partial charge in [-0.2, -0.15) is 0 Å². The van der Waals surface area contributed by atoms with E-state index in [1.165, 1.54) is 29.0 Å². The standard InChI is InChI=1S/C25H35I2N3O14P2/c1-42-43-14-29(16-46(39,40)41)7-9-30(8-6-28(13-23(32)33)15-45(36,37)38)22(25(34)35)12-17-10-20(26)24(21(27)11-17)44-19-4-2-18(31)3-5-19/h2-5,10-11,22,31H,6-9,12-16H2,1H3,(H,32,33)(H,34,35)(H2,36,37,38)(H2,39,40,41). The highest BCUT2D eigenvalue weighted by molar-refractivity contribution is 14.1. The number of rotatable bonds is 21. The van der Waals surface area contributed by atoms with Crippen LogP contribution in [0.2, 0.25) is 0 Å². The Hall–Kier alpha value is -1.46. The Kier molecular flexibility index (Phi) is 16.7. The third-order valence-electron chi connectivity index (χ3n) is 6.16. The first-order valence-corrected chi connectivity index (χ1v) is 18.9. The van der Waals surface area contributed by atoms with Crippen LogP contribution in [0, 0.1) is 7.14 Å². The summed E-state index contributed by atoms with van der Waals surface area (Å²) in [6.45, 7) is -1.74. The fraction of sp³-hybridized carbons (Fsp3) is 0.440. The fourth-order valence-electron chi connectivity index (χ4n) is 4.23. The molecule has 0 spiro atoms. The van der Waals surface area contributed by atoms with E-state index in [4.69, 9.17) is 9.62 Å². The van der Waals surface area contributed by atoms with Crippen molar-refractivity contribution in [3.63, 3.8) is 0 Å². The second kappa shape index (κ2) is 18.9. The van der Waals surface area contributed by atoms with Crippen molar-refractivity contribution < 1.29 is 68.1 Å². The van der Waals surface area contributed by atoms with Crippen LogP contribution in [0.15, 0.2) is 36.4 Å². The lowest BCUT2D eigenvalue weighted by molar-refractivity contribution is -0.294. The average molecular weight is 917 g/mol. The van der Waals surface area contributed by atoms with E-state index in [9.17, 15) is 53.6 Å². The number of hydrogen-bond donors (Lipinski definition) is 7. The van der Waals surface area contributed by atoms with Crippen molar-refractivity contribution in [1.29, 1.82) is 0 Å². The Bertz CT molecular complexity index is 1390. The molecule has 1 unspecified atom stereocenters. The Balaban J connectivity index is 2.39. The van der Waals surface area contributed by atoms with Gasteiger partial charge in [0.1, 0.15) is 36.8 Å². The Morgan fingerprint density at radius 2 is 1.39 bits per heavy atom. The van der Waals surface area contributed by atoms with Gasteiger partial charge in [-0.05, 0) is 93.6 Å². The molecule has 7 N–H and O–H groups in total. The lowest BCUT2D eigenvalue weighted by Crippen LogP contribution is -2.49. The van der Waals surface area contributed by atoms with Gasteiger partial charge in [-0.25, -0.2) is 9.78 Å². The molecule has 0 amide bonds. The predicted octanol–water partition coefficient (Wildman–Crippen LogP) is 2.19. The predicted molar refractivity (Wildman–Crippen MR) is 179 cm³/mol. The van der Waals surface area contributed by atoms with Crippen molar-refractivity contribution in [2.75, 3.05) is 59.1 Å². The molecule has 0 aliphatic rings. The molecule has 0 aromatic heterocycles. The van der Waals surface area contributed by atoms with Crippen molar-refractivity contribution >= 4 is 72.3 Å². The van der Waals surface area contributed by atoms with Gasteiger partial charge in [0.15, 0.2) is 5.75 Å². The number of carboxylic acid groups (broad SMARTS) is 2. The van der Waals surface area contributed by atoms with E-state index in [0.29, 0.717) is 24.2 Å². The maximum Gasteiger partial charge on any atom is 0.339 e.